The van der Waals surface area contributed by atoms with Gasteiger partial charge in [-0.3, -0.25) is 0 Å². The van der Waals surface area contributed by atoms with Crippen molar-refractivity contribution in [3.63, 3.8) is 0 Å². The highest BCUT2D eigenvalue weighted by molar-refractivity contribution is 6.13. The quantitative estimate of drug-likeness (QED) is 0.186. The van der Waals surface area contributed by atoms with E-state index in [9.17, 15) is 0 Å². The molecular formula is C49H35NO2. The van der Waals surface area contributed by atoms with Crippen LogP contribution in [-0.4, -0.2) is 4.57 Å². The van der Waals surface area contributed by atoms with Crippen molar-refractivity contribution in [1.29, 1.82) is 0 Å². The predicted molar refractivity (Wildman–Crippen MR) is 213 cm³/mol. The van der Waals surface area contributed by atoms with Gasteiger partial charge < -0.3 is 13.7 Å². The summed E-state index contributed by atoms with van der Waals surface area (Å²) in [4.78, 5) is 0. The van der Waals surface area contributed by atoms with Gasteiger partial charge in [0.2, 0.25) is 0 Å². The maximum atomic E-state index is 6.43. The maximum Gasteiger partial charge on any atom is 0.136 e. The Hall–Kier alpha value is -6.32. The Morgan fingerprint density at radius 2 is 1.37 bits per heavy atom. The lowest BCUT2D eigenvalue weighted by atomic mass is 9.74. The van der Waals surface area contributed by atoms with Crippen LogP contribution in [0.3, 0.4) is 0 Å². The van der Waals surface area contributed by atoms with E-state index >= 15 is 0 Å². The van der Waals surface area contributed by atoms with E-state index < -0.39 is 0 Å². The van der Waals surface area contributed by atoms with E-state index in [2.05, 4.69) is 169 Å². The lowest BCUT2D eigenvalue weighted by molar-refractivity contribution is 0.310. The van der Waals surface area contributed by atoms with Crippen molar-refractivity contribution < 1.29 is 9.15 Å². The molecule has 52 heavy (non-hydrogen) atoms. The Morgan fingerprint density at radius 1 is 0.635 bits per heavy atom. The molecule has 0 bridgehead atoms. The zero-order chi connectivity index (χ0) is 34.3. The SMILES string of the molecule is CC1C=CC2=C(C1)C1C(=CC=CC1c1cccc(-c3cc(-c4cccc5oc6ccccc6c45)cc(-n4c5ccccc5c5ccccc54)c3)c1)O2. The molecule has 0 N–H and O–H groups in total. The fraction of sp³-hybridized carbons (Fsp3) is 0.102. The topological polar surface area (TPSA) is 27.3 Å². The second-order valence-corrected chi connectivity index (χ2v) is 14.5. The van der Waals surface area contributed by atoms with Crippen LogP contribution in [0.15, 0.2) is 185 Å². The highest BCUT2D eigenvalue weighted by Gasteiger charge is 2.39. The largest absolute Gasteiger partial charge is 0.461 e. The second-order valence-electron chi connectivity index (χ2n) is 14.5. The van der Waals surface area contributed by atoms with Gasteiger partial charge in [-0.2, -0.15) is 0 Å². The zero-order valence-electron chi connectivity index (χ0n) is 28.8. The Morgan fingerprint density at radius 3 is 2.21 bits per heavy atom. The van der Waals surface area contributed by atoms with E-state index in [0.29, 0.717) is 5.92 Å². The maximum absolute atomic E-state index is 6.43. The zero-order valence-corrected chi connectivity index (χ0v) is 28.8. The van der Waals surface area contributed by atoms with E-state index in [-0.39, 0.29) is 11.8 Å². The van der Waals surface area contributed by atoms with Crippen LogP contribution in [-0.2, 0) is 4.74 Å². The predicted octanol–water partition coefficient (Wildman–Crippen LogP) is 13.1. The van der Waals surface area contributed by atoms with Gasteiger partial charge >= 0.3 is 0 Å². The van der Waals surface area contributed by atoms with Crippen LogP contribution in [0.5, 0.6) is 0 Å². The number of aromatic nitrogens is 1. The van der Waals surface area contributed by atoms with Gasteiger partial charge in [0.05, 0.1) is 17.0 Å². The molecule has 3 heteroatoms. The molecule has 3 atom stereocenters. The Labute approximate surface area is 302 Å². The number of ether oxygens (including phenoxy) is 1. The molecule has 0 saturated carbocycles. The number of hydrogen-bond acceptors (Lipinski definition) is 2. The number of hydrogen-bond donors (Lipinski definition) is 0. The van der Waals surface area contributed by atoms with Crippen molar-refractivity contribution >= 4 is 43.7 Å². The van der Waals surface area contributed by atoms with E-state index in [0.717, 1.165) is 56.7 Å². The first-order valence-corrected chi connectivity index (χ1v) is 18.3. The standard InChI is InChI=1S/C49H35NO2/c1-30-23-24-45-41(25-30)49-36(16-9-22-47(49)52-45)32-12-8-11-31(26-32)33-27-34(37-17-10-21-46-48(37)40-15-4-7-20-44(40)51-46)29-35(28-33)50-42-18-5-2-13-38(42)39-14-3-6-19-43(39)50/h2-24,26-30,36,49H,25H2,1H3. The van der Waals surface area contributed by atoms with Gasteiger partial charge in [0, 0.05) is 33.2 Å². The molecule has 2 aliphatic carbocycles. The Balaban J connectivity index is 1.13. The summed E-state index contributed by atoms with van der Waals surface area (Å²) in [6.07, 6.45) is 12.2. The van der Waals surface area contributed by atoms with E-state index in [1.807, 2.05) is 6.07 Å². The number of rotatable bonds is 4. The van der Waals surface area contributed by atoms with Crippen LogP contribution in [0.1, 0.15) is 24.8 Å². The van der Waals surface area contributed by atoms with Crippen LogP contribution < -0.4 is 0 Å². The first-order valence-electron chi connectivity index (χ1n) is 18.3. The minimum atomic E-state index is 0.206. The summed E-state index contributed by atoms with van der Waals surface area (Å²) in [5.41, 5.74) is 12.7. The molecule has 0 spiro atoms. The Kier molecular flexibility index (Phi) is 6.42. The molecule has 248 valence electrons. The molecule has 0 fully saturated rings. The van der Waals surface area contributed by atoms with E-state index in [1.165, 1.54) is 44.1 Å². The van der Waals surface area contributed by atoms with E-state index in [4.69, 9.17) is 9.15 Å². The number of nitrogens with zero attached hydrogens (tertiary/aromatic N) is 1. The van der Waals surface area contributed by atoms with Crippen LogP contribution >= 0.6 is 0 Å². The van der Waals surface area contributed by atoms with E-state index in [1.54, 1.807) is 0 Å². The fourth-order valence-electron chi connectivity index (χ4n) is 9.04. The third kappa shape index (κ3) is 4.45. The number of fused-ring (bicyclic) bond motifs is 8. The molecule has 1 aliphatic heterocycles. The molecule has 11 rings (SSSR count). The minimum absolute atomic E-state index is 0.206. The molecule has 8 aromatic rings. The summed E-state index contributed by atoms with van der Waals surface area (Å²) in [7, 11) is 0. The van der Waals surface area contributed by atoms with Crippen LogP contribution in [0, 0.1) is 11.8 Å². The molecule has 6 aromatic carbocycles. The van der Waals surface area contributed by atoms with Gasteiger partial charge in [0.1, 0.15) is 22.7 Å². The minimum Gasteiger partial charge on any atom is -0.461 e. The first-order chi connectivity index (χ1) is 25.7. The third-order valence-electron chi connectivity index (χ3n) is 11.4. The highest BCUT2D eigenvalue weighted by atomic mass is 16.5. The lowest BCUT2D eigenvalue weighted by Gasteiger charge is -2.27. The van der Waals surface area contributed by atoms with Gasteiger partial charge in [-0.25, -0.2) is 0 Å². The van der Waals surface area contributed by atoms with Gasteiger partial charge in [-0.05, 0) is 100 Å². The summed E-state index contributed by atoms with van der Waals surface area (Å²) >= 11 is 0. The fourth-order valence-corrected chi connectivity index (χ4v) is 9.04. The molecule has 0 amide bonds. The van der Waals surface area contributed by atoms with Crippen LogP contribution in [0.2, 0.25) is 0 Å². The number of allylic oxidation sites excluding steroid dienone is 6. The molecular weight excluding hydrogens is 635 g/mol. The summed E-state index contributed by atoms with van der Waals surface area (Å²) in [6.45, 7) is 2.30. The Bertz CT molecular complexity index is 2840. The van der Waals surface area contributed by atoms with Gasteiger partial charge in [-0.1, -0.05) is 116 Å². The highest BCUT2D eigenvalue weighted by Crippen LogP contribution is 2.50. The molecule has 3 nitrogen and oxygen atoms in total. The van der Waals surface area contributed by atoms with Crippen molar-refractivity contribution in [1.82, 2.24) is 4.57 Å². The summed E-state index contributed by atoms with van der Waals surface area (Å²) < 4.78 is 15.2. The van der Waals surface area contributed by atoms with Crippen LogP contribution in [0.25, 0.3) is 71.7 Å². The smallest absolute Gasteiger partial charge is 0.136 e. The van der Waals surface area contributed by atoms with Gasteiger partial charge in [-0.15, -0.1) is 0 Å². The average Bonchev–Trinajstić information content (AvgIpc) is 3.87. The van der Waals surface area contributed by atoms with Crippen molar-refractivity contribution in [2.24, 2.45) is 11.8 Å². The van der Waals surface area contributed by atoms with Gasteiger partial charge in [0.15, 0.2) is 0 Å². The lowest BCUT2D eigenvalue weighted by Crippen LogP contribution is -2.17. The molecule has 3 unspecified atom stereocenters. The van der Waals surface area contributed by atoms with Crippen molar-refractivity contribution in [3.05, 3.63) is 186 Å². The molecule has 2 aromatic heterocycles. The third-order valence-corrected chi connectivity index (χ3v) is 11.4. The summed E-state index contributed by atoms with van der Waals surface area (Å²) in [6, 6.07) is 48.5. The van der Waals surface area contributed by atoms with Crippen LogP contribution in [0.4, 0.5) is 0 Å². The van der Waals surface area contributed by atoms with Crippen molar-refractivity contribution in [3.8, 4) is 27.9 Å². The number of para-hydroxylation sites is 3. The first kappa shape index (κ1) is 29.4. The molecule has 0 saturated heterocycles. The molecule has 3 heterocycles. The summed E-state index contributed by atoms with van der Waals surface area (Å²) in [5, 5.41) is 4.78. The normalized spacial score (nSPS) is 19.4. The van der Waals surface area contributed by atoms with Crippen molar-refractivity contribution in [2.45, 2.75) is 19.3 Å². The number of furan rings is 1. The summed E-state index contributed by atoms with van der Waals surface area (Å²) in [5.74, 6) is 3.06. The molecule has 3 aliphatic rings. The second kappa shape index (κ2) is 11.3. The van der Waals surface area contributed by atoms with Gasteiger partial charge in [0.25, 0.3) is 0 Å². The van der Waals surface area contributed by atoms with Crippen molar-refractivity contribution in [2.75, 3.05) is 0 Å². The number of benzene rings is 6. The monoisotopic (exact) mass is 669 g/mol. The average molecular weight is 670 g/mol. The molecule has 0 radical (unpaired) electrons.